The number of aromatic nitrogens is 3. The maximum Gasteiger partial charge on any atom is 0.410 e. The Morgan fingerprint density at radius 3 is 1.96 bits per heavy atom. The van der Waals surface area contributed by atoms with Crippen LogP contribution in [0, 0.1) is 5.92 Å². The predicted octanol–water partition coefficient (Wildman–Crippen LogP) is 5.38. The van der Waals surface area contributed by atoms with E-state index in [4.69, 9.17) is 33.3 Å². The lowest BCUT2D eigenvalue weighted by Gasteiger charge is -2.43. The summed E-state index contributed by atoms with van der Waals surface area (Å²) >= 11 is 0. The predicted molar refractivity (Wildman–Crippen MR) is 246 cm³/mol. The maximum absolute atomic E-state index is 14.2. The molecule has 2 aromatic heterocycles. The van der Waals surface area contributed by atoms with Crippen LogP contribution in [0.25, 0.3) is 22.0 Å². The second-order valence-corrected chi connectivity index (χ2v) is 17.3. The Kier molecular flexibility index (Phi) is 14.8. The van der Waals surface area contributed by atoms with E-state index in [2.05, 4.69) is 62.6 Å². The van der Waals surface area contributed by atoms with E-state index in [1.54, 1.807) is 0 Å². The molecule has 1 N–H and O–H groups in total. The fraction of sp³-hybridized carbons (Fsp3) is 0.400. The number of carbonyl (C=O) groups excluding carboxylic acids is 6. The van der Waals surface area contributed by atoms with E-state index >= 15 is 0 Å². The molecular weight excluding hydrogens is 893 g/mol. The quantitative estimate of drug-likeness (QED) is 0.0792. The lowest BCUT2D eigenvalue weighted by molar-refractivity contribution is -0.317. The van der Waals surface area contributed by atoms with Crippen molar-refractivity contribution in [3.05, 3.63) is 114 Å². The van der Waals surface area contributed by atoms with Crippen LogP contribution in [-0.4, -0.2) is 119 Å². The minimum atomic E-state index is -1.64. The average molecular weight is 947 g/mol. The van der Waals surface area contributed by atoms with Gasteiger partial charge in [0.15, 0.2) is 18.3 Å². The van der Waals surface area contributed by atoms with E-state index < -0.39 is 67.1 Å². The minimum absolute atomic E-state index is 0.00596. The zero-order valence-corrected chi connectivity index (χ0v) is 38.9. The molecule has 0 radical (unpaired) electrons. The number of hydrogen-bond donors (Lipinski definition) is 1. The van der Waals surface area contributed by atoms with Crippen molar-refractivity contribution in [3.63, 3.8) is 0 Å². The molecule has 3 aromatic carbocycles. The van der Waals surface area contributed by atoms with Crippen molar-refractivity contribution in [1.82, 2.24) is 24.9 Å². The first-order valence-electron chi connectivity index (χ1n) is 22.7. The van der Waals surface area contributed by atoms with Gasteiger partial charge in [0.25, 0.3) is 5.91 Å². The first kappa shape index (κ1) is 48.1. The summed E-state index contributed by atoms with van der Waals surface area (Å²) in [6, 6.07) is 24.7. The van der Waals surface area contributed by atoms with Gasteiger partial charge >= 0.3 is 30.0 Å². The van der Waals surface area contributed by atoms with Crippen molar-refractivity contribution < 1.29 is 62.0 Å². The Balaban J connectivity index is 0.905. The number of hydrogen-bond acceptors (Lipinski definition) is 16. The average Bonchev–Trinajstić information content (AvgIpc) is 3.83. The Bertz CT molecular complexity index is 2660. The van der Waals surface area contributed by atoms with Crippen molar-refractivity contribution in [2.75, 3.05) is 37.7 Å². The number of aryl methyl sites for hydroxylation is 1. The Morgan fingerprint density at radius 1 is 0.725 bits per heavy atom. The van der Waals surface area contributed by atoms with Crippen LogP contribution < -0.4 is 10.4 Å². The topological polar surface area (TPSA) is 216 Å². The Hall–Kier alpha value is -7.38. The Labute approximate surface area is 397 Å². The fourth-order valence-electron chi connectivity index (χ4n) is 9.33. The fourth-order valence-corrected chi connectivity index (χ4v) is 9.33. The maximum atomic E-state index is 14.2. The third kappa shape index (κ3) is 11.2. The summed E-state index contributed by atoms with van der Waals surface area (Å²) in [7, 11) is 2.00. The molecule has 3 aliphatic rings. The van der Waals surface area contributed by atoms with Crippen molar-refractivity contribution in [2.24, 2.45) is 13.0 Å². The van der Waals surface area contributed by atoms with Gasteiger partial charge in [0.2, 0.25) is 12.2 Å². The van der Waals surface area contributed by atoms with Crippen LogP contribution in [0.2, 0.25) is 0 Å². The highest BCUT2D eigenvalue weighted by atomic mass is 16.8. The molecule has 2 amide bonds. The van der Waals surface area contributed by atoms with Gasteiger partial charge in [0.1, 0.15) is 19.3 Å². The Morgan fingerprint density at radius 2 is 1.32 bits per heavy atom. The third-order valence-electron chi connectivity index (χ3n) is 12.4. The van der Waals surface area contributed by atoms with E-state index in [1.165, 1.54) is 12.4 Å². The second-order valence-electron chi connectivity index (χ2n) is 17.3. The van der Waals surface area contributed by atoms with Crippen LogP contribution in [0.4, 0.5) is 10.7 Å². The van der Waals surface area contributed by atoms with E-state index in [9.17, 15) is 28.8 Å². The lowest BCUT2D eigenvalue weighted by Crippen LogP contribution is -2.63. The SMILES string of the molecule is CC(=O)OC[C@H]1O[C@@H](ONC(=O)c2cnc(N3CCC(CN(Cc4cn(C)c5ccccc45)C(=O)OCC4c5ccccc5-c5ccccc54)CC3)nc2)[C@H](OC(C)=O)[C@@H](OC(C)=O)[C@H]1OC(C)=O. The van der Waals surface area contributed by atoms with Crippen LogP contribution in [0.15, 0.2) is 91.4 Å². The molecule has 1 aliphatic carbocycles. The van der Waals surface area contributed by atoms with Crippen LogP contribution in [-0.2, 0) is 66.0 Å². The van der Waals surface area contributed by atoms with Crippen LogP contribution in [0.3, 0.4) is 0 Å². The molecule has 0 bridgehead atoms. The number of anilines is 1. The number of hydroxylamine groups is 1. The van der Waals surface area contributed by atoms with Crippen LogP contribution >= 0.6 is 0 Å². The number of ether oxygens (including phenoxy) is 6. The number of amides is 2. The molecule has 2 fully saturated rings. The molecule has 19 heteroatoms. The highest BCUT2D eigenvalue weighted by Gasteiger charge is 2.53. The number of para-hydroxylation sites is 1. The number of nitrogens with zero attached hydrogens (tertiary/aromatic N) is 5. The molecule has 4 heterocycles. The van der Waals surface area contributed by atoms with Crippen molar-refractivity contribution in [1.29, 1.82) is 0 Å². The molecule has 5 aromatic rings. The van der Waals surface area contributed by atoms with Gasteiger partial charge in [-0.2, -0.15) is 0 Å². The van der Waals surface area contributed by atoms with Crippen molar-refractivity contribution in [3.8, 4) is 11.1 Å². The van der Waals surface area contributed by atoms with E-state index in [0.29, 0.717) is 32.1 Å². The molecule has 0 spiro atoms. The van der Waals surface area contributed by atoms with E-state index in [1.807, 2.05) is 53.2 Å². The second kappa shape index (κ2) is 21.3. The number of esters is 4. The van der Waals surface area contributed by atoms with Crippen molar-refractivity contribution >= 4 is 52.7 Å². The molecule has 362 valence electrons. The van der Waals surface area contributed by atoms with Gasteiger partial charge in [-0.15, -0.1) is 0 Å². The third-order valence-corrected chi connectivity index (χ3v) is 12.4. The summed E-state index contributed by atoms with van der Waals surface area (Å²) in [5.74, 6) is -3.45. The van der Waals surface area contributed by atoms with Crippen molar-refractivity contribution in [2.45, 2.75) is 83.7 Å². The number of piperidine rings is 1. The number of fused-ring (bicyclic) bond motifs is 4. The van der Waals surface area contributed by atoms with E-state index in [0.717, 1.165) is 79.3 Å². The summed E-state index contributed by atoms with van der Waals surface area (Å²) in [6.45, 7) is 6.21. The molecule has 2 aliphatic heterocycles. The smallest absolute Gasteiger partial charge is 0.410 e. The van der Waals surface area contributed by atoms with Gasteiger partial charge in [0.05, 0.1) is 12.1 Å². The molecular formula is C50H54N6O13. The molecule has 69 heavy (non-hydrogen) atoms. The first-order chi connectivity index (χ1) is 33.2. The van der Waals surface area contributed by atoms with E-state index in [-0.39, 0.29) is 30.1 Å². The summed E-state index contributed by atoms with van der Waals surface area (Å²) in [5.41, 5.74) is 8.95. The molecule has 5 atom stereocenters. The molecule has 8 rings (SSSR count). The number of rotatable bonds is 15. The molecule has 0 unspecified atom stereocenters. The zero-order valence-electron chi connectivity index (χ0n) is 38.9. The van der Waals surface area contributed by atoms with Gasteiger partial charge in [-0.1, -0.05) is 66.7 Å². The highest BCUT2D eigenvalue weighted by molar-refractivity contribution is 5.93. The number of benzene rings is 3. The first-order valence-corrected chi connectivity index (χ1v) is 22.7. The monoisotopic (exact) mass is 946 g/mol. The molecule has 2 saturated heterocycles. The lowest BCUT2D eigenvalue weighted by atomic mass is 9.96. The summed E-state index contributed by atoms with van der Waals surface area (Å²) in [4.78, 5) is 94.0. The standard InChI is InChI=1S/C50H54N6O13/c1-29(57)63-28-43-44(65-30(2)58)45(66-31(3)59)46(67-32(4)60)48(68-43)69-53-47(61)34-22-51-49(52-23-34)55-20-18-33(19-21-55)24-56(26-35-25-54(5)42-17-11-10-12-36(35)42)50(62)64-27-41-39-15-8-6-13-37(39)38-14-7-9-16-40(38)41/h6-17,22-23,25,33,41,43-46,48H,18-21,24,26-28H2,1-5H3,(H,53,61)/t43-,44+,45+,46-,48+/m1/s1. The van der Waals surface area contributed by atoms with Gasteiger partial charge in [0, 0.05) is 89.8 Å². The van der Waals surface area contributed by atoms with Crippen LogP contribution in [0.5, 0.6) is 0 Å². The summed E-state index contributed by atoms with van der Waals surface area (Å²) < 4.78 is 35.4. The molecule has 19 nitrogen and oxygen atoms in total. The number of nitrogens with one attached hydrogen (secondary N) is 1. The van der Waals surface area contributed by atoms with Gasteiger partial charge in [-0.3, -0.25) is 24.0 Å². The molecule has 0 saturated carbocycles. The number of carbonyl (C=O) groups is 6. The zero-order chi connectivity index (χ0) is 48.8. The van der Waals surface area contributed by atoms with Gasteiger partial charge in [-0.25, -0.2) is 25.1 Å². The largest absolute Gasteiger partial charge is 0.463 e. The summed E-state index contributed by atoms with van der Waals surface area (Å²) in [5, 5.41) is 1.08. The van der Waals surface area contributed by atoms with Gasteiger partial charge in [-0.05, 0) is 52.6 Å². The minimum Gasteiger partial charge on any atom is -0.463 e. The summed E-state index contributed by atoms with van der Waals surface area (Å²) in [6.07, 6.45) is -1.53. The normalized spacial score (nSPS) is 20.0. The highest BCUT2D eigenvalue weighted by Crippen LogP contribution is 2.44. The van der Waals surface area contributed by atoms with Gasteiger partial charge < -0.3 is 42.8 Å². The van der Waals surface area contributed by atoms with Crippen LogP contribution in [0.1, 0.15) is 73.5 Å².